The van der Waals surface area contributed by atoms with Gasteiger partial charge in [0, 0.05) is 18.5 Å². The quantitative estimate of drug-likeness (QED) is 0.339. The molecular formula is C28H25NO5. The predicted molar refractivity (Wildman–Crippen MR) is 127 cm³/mol. The van der Waals surface area contributed by atoms with Crippen LogP contribution in [0.25, 0.3) is 5.76 Å². The van der Waals surface area contributed by atoms with E-state index in [9.17, 15) is 19.8 Å². The number of nitrogens with zero attached hydrogens (tertiary/aromatic N) is 1. The molecule has 0 bridgehead atoms. The van der Waals surface area contributed by atoms with Crippen LogP contribution in [0.4, 0.5) is 0 Å². The normalized spacial score (nSPS) is 20.9. The van der Waals surface area contributed by atoms with Crippen molar-refractivity contribution in [1.82, 2.24) is 4.90 Å². The summed E-state index contributed by atoms with van der Waals surface area (Å²) < 4.78 is 5.75. The molecule has 6 nitrogen and oxygen atoms in total. The Balaban J connectivity index is 1.57. The summed E-state index contributed by atoms with van der Waals surface area (Å²) in [5.74, 6) is -0.719. The summed E-state index contributed by atoms with van der Waals surface area (Å²) in [6, 6.07) is 20.7. The fraction of sp³-hybridized carbons (Fsp3) is 0.214. The lowest BCUT2D eigenvalue weighted by molar-refractivity contribution is -0.139. The minimum Gasteiger partial charge on any atom is -0.508 e. The van der Waals surface area contributed by atoms with Crippen LogP contribution in [0.2, 0.25) is 0 Å². The molecule has 2 atom stereocenters. The van der Waals surface area contributed by atoms with Crippen molar-refractivity contribution < 1.29 is 24.5 Å². The van der Waals surface area contributed by atoms with Crippen LogP contribution in [0.15, 0.2) is 78.4 Å². The van der Waals surface area contributed by atoms with Crippen LogP contribution in [0, 0.1) is 0 Å². The van der Waals surface area contributed by atoms with Crippen LogP contribution >= 0.6 is 0 Å². The minimum atomic E-state index is -0.757. The first-order valence-electron chi connectivity index (χ1n) is 11.3. The maximum absolute atomic E-state index is 13.2. The number of aromatic hydroxyl groups is 1. The van der Waals surface area contributed by atoms with Gasteiger partial charge in [-0.1, -0.05) is 42.5 Å². The van der Waals surface area contributed by atoms with E-state index in [4.69, 9.17) is 4.74 Å². The molecule has 0 spiro atoms. The SMILES string of the molecule is CC1Cc2cc(/C(O)=C3/C(=O)C(=O)N(CCc4ccccc4)C3c3ccc(O)cc3)ccc2O1. The molecule has 0 radical (unpaired) electrons. The van der Waals surface area contributed by atoms with Gasteiger partial charge in [-0.05, 0) is 60.4 Å². The predicted octanol–water partition coefficient (Wildman–Crippen LogP) is 4.38. The number of aliphatic hydroxyl groups excluding tert-OH is 1. The number of rotatable bonds is 5. The van der Waals surface area contributed by atoms with E-state index in [0.717, 1.165) is 16.9 Å². The molecule has 3 aromatic rings. The zero-order valence-electron chi connectivity index (χ0n) is 18.8. The van der Waals surface area contributed by atoms with Gasteiger partial charge in [-0.3, -0.25) is 9.59 Å². The molecule has 2 N–H and O–H groups in total. The fourth-order valence-electron chi connectivity index (χ4n) is 4.73. The Kier molecular flexibility index (Phi) is 5.57. The highest BCUT2D eigenvalue weighted by molar-refractivity contribution is 6.46. The van der Waals surface area contributed by atoms with Crippen molar-refractivity contribution in [2.45, 2.75) is 31.9 Å². The van der Waals surface area contributed by atoms with Crippen LogP contribution in [0.3, 0.4) is 0 Å². The van der Waals surface area contributed by atoms with Crippen molar-refractivity contribution in [1.29, 1.82) is 0 Å². The Labute approximate surface area is 197 Å². The molecule has 1 amide bonds. The van der Waals surface area contributed by atoms with Crippen molar-refractivity contribution in [3.8, 4) is 11.5 Å². The zero-order valence-corrected chi connectivity index (χ0v) is 18.8. The third-order valence-corrected chi connectivity index (χ3v) is 6.40. The maximum Gasteiger partial charge on any atom is 0.295 e. The van der Waals surface area contributed by atoms with Crippen molar-refractivity contribution in [2.75, 3.05) is 6.54 Å². The summed E-state index contributed by atoms with van der Waals surface area (Å²) in [4.78, 5) is 27.8. The summed E-state index contributed by atoms with van der Waals surface area (Å²) >= 11 is 0. The molecule has 34 heavy (non-hydrogen) atoms. The highest BCUT2D eigenvalue weighted by atomic mass is 16.5. The minimum absolute atomic E-state index is 0.0490. The van der Waals surface area contributed by atoms with Crippen molar-refractivity contribution in [3.05, 3.63) is 101 Å². The molecule has 5 rings (SSSR count). The third-order valence-electron chi connectivity index (χ3n) is 6.40. The second kappa shape index (κ2) is 8.71. The molecule has 1 fully saturated rings. The molecule has 6 heteroatoms. The van der Waals surface area contributed by atoms with E-state index in [1.165, 1.54) is 17.0 Å². The van der Waals surface area contributed by atoms with Gasteiger partial charge in [0.1, 0.15) is 23.4 Å². The standard InChI is InChI=1S/C28H25NO5/c1-17-15-21-16-20(9-12-23(21)34-17)26(31)24-25(19-7-10-22(30)11-8-19)29(28(33)27(24)32)14-13-18-5-3-2-4-6-18/h2-12,16-17,25,30-31H,13-15H2,1H3/b26-24-. The number of likely N-dealkylation sites (tertiary alicyclic amines) is 1. The Morgan fingerprint density at radius 1 is 1.03 bits per heavy atom. The summed E-state index contributed by atoms with van der Waals surface area (Å²) in [7, 11) is 0. The molecule has 2 aliphatic rings. The Bertz CT molecular complexity index is 1280. The van der Waals surface area contributed by atoms with Gasteiger partial charge in [0.05, 0.1) is 11.6 Å². The Morgan fingerprint density at radius 2 is 1.76 bits per heavy atom. The van der Waals surface area contributed by atoms with Crippen molar-refractivity contribution in [2.24, 2.45) is 0 Å². The Morgan fingerprint density at radius 3 is 2.50 bits per heavy atom. The largest absolute Gasteiger partial charge is 0.508 e. The van der Waals surface area contributed by atoms with E-state index in [-0.39, 0.29) is 23.2 Å². The number of Topliss-reactive ketones (excluding diaryl/α,β-unsaturated/α-hetero) is 1. The number of amides is 1. The molecular weight excluding hydrogens is 430 g/mol. The summed E-state index contributed by atoms with van der Waals surface area (Å²) in [6.45, 7) is 2.29. The lowest BCUT2D eigenvalue weighted by Crippen LogP contribution is -2.31. The zero-order chi connectivity index (χ0) is 23.8. The number of ketones is 1. The third kappa shape index (κ3) is 3.92. The van der Waals surface area contributed by atoms with Crippen LogP contribution in [0.1, 0.15) is 35.2 Å². The van der Waals surface area contributed by atoms with Gasteiger partial charge in [-0.15, -0.1) is 0 Å². The number of phenols is 1. The first-order valence-corrected chi connectivity index (χ1v) is 11.3. The van der Waals surface area contributed by atoms with Crippen LogP contribution in [-0.4, -0.2) is 39.5 Å². The molecule has 0 saturated carbocycles. The number of carbonyl (C=O) groups is 2. The second-order valence-electron chi connectivity index (χ2n) is 8.77. The molecule has 172 valence electrons. The van der Waals surface area contributed by atoms with E-state index in [1.807, 2.05) is 43.3 Å². The monoisotopic (exact) mass is 455 g/mol. The molecule has 0 aromatic heterocycles. The summed E-state index contributed by atoms with van der Waals surface area (Å²) in [5, 5.41) is 21.0. The van der Waals surface area contributed by atoms with Crippen LogP contribution in [0.5, 0.6) is 11.5 Å². The molecule has 2 unspecified atom stereocenters. The average Bonchev–Trinajstić information content (AvgIpc) is 3.34. The number of benzene rings is 3. The topological polar surface area (TPSA) is 87.1 Å². The van der Waals surface area contributed by atoms with Gasteiger partial charge in [0.15, 0.2) is 0 Å². The molecule has 2 aliphatic heterocycles. The fourth-order valence-corrected chi connectivity index (χ4v) is 4.73. The smallest absolute Gasteiger partial charge is 0.295 e. The lowest BCUT2D eigenvalue weighted by atomic mass is 9.94. The highest BCUT2D eigenvalue weighted by Gasteiger charge is 2.45. The van der Waals surface area contributed by atoms with E-state index >= 15 is 0 Å². The number of fused-ring (bicyclic) bond motifs is 1. The molecule has 2 heterocycles. The van der Waals surface area contributed by atoms with Gasteiger partial charge >= 0.3 is 0 Å². The number of carbonyl (C=O) groups excluding carboxylic acids is 2. The molecule has 1 saturated heterocycles. The van der Waals surface area contributed by atoms with Crippen molar-refractivity contribution >= 4 is 17.4 Å². The molecule has 0 aliphatic carbocycles. The molecule has 3 aromatic carbocycles. The van der Waals surface area contributed by atoms with E-state index in [2.05, 4.69) is 0 Å². The number of ether oxygens (including phenoxy) is 1. The number of hydrogen-bond donors (Lipinski definition) is 2. The highest BCUT2D eigenvalue weighted by Crippen LogP contribution is 2.41. The van der Waals surface area contributed by atoms with E-state index in [1.54, 1.807) is 24.3 Å². The number of hydrogen-bond acceptors (Lipinski definition) is 5. The van der Waals surface area contributed by atoms with Gasteiger partial charge in [-0.2, -0.15) is 0 Å². The van der Waals surface area contributed by atoms with E-state index < -0.39 is 17.7 Å². The average molecular weight is 456 g/mol. The first kappa shape index (κ1) is 21.8. The number of aliphatic hydroxyl groups is 1. The maximum atomic E-state index is 13.2. The first-order chi connectivity index (χ1) is 16.4. The van der Waals surface area contributed by atoms with Crippen LogP contribution in [-0.2, 0) is 22.4 Å². The number of phenolic OH excluding ortho intramolecular Hbond substituents is 1. The second-order valence-corrected chi connectivity index (χ2v) is 8.77. The van der Waals surface area contributed by atoms with Crippen molar-refractivity contribution in [3.63, 3.8) is 0 Å². The van der Waals surface area contributed by atoms with Gasteiger partial charge < -0.3 is 19.8 Å². The van der Waals surface area contributed by atoms with Gasteiger partial charge in [0.2, 0.25) is 0 Å². The van der Waals surface area contributed by atoms with Gasteiger partial charge in [-0.25, -0.2) is 0 Å². The summed E-state index contributed by atoms with van der Waals surface area (Å²) in [5.41, 5.74) is 3.17. The van der Waals surface area contributed by atoms with Crippen LogP contribution < -0.4 is 4.74 Å². The summed E-state index contributed by atoms with van der Waals surface area (Å²) in [6.07, 6.45) is 1.33. The van der Waals surface area contributed by atoms with E-state index in [0.29, 0.717) is 30.5 Å². The lowest BCUT2D eigenvalue weighted by Gasteiger charge is -2.25. The Hall–Kier alpha value is -4.06. The van der Waals surface area contributed by atoms with Gasteiger partial charge in [0.25, 0.3) is 11.7 Å².